The molecule has 27 heavy (non-hydrogen) atoms. The van der Waals surface area contributed by atoms with Gasteiger partial charge in [0.25, 0.3) is 11.8 Å². The van der Waals surface area contributed by atoms with Gasteiger partial charge in [0.2, 0.25) is 0 Å². The summed E-state index contributed by atoms with van der Waals surface area (Å²) in [6, 6.07) is 6.72. The van der Waals surface area contributed by atoms with E-state index >= 15 is 0 Å². The first-order valence-electron chi connectivity index (χ1n) is 8.69. The molecule has 1 aromatic carbocycles. The molecule has 0 spiro atoms. The molecule has 3 rings (SSSR count). The highest BCUT2D eigenvalue weighted by atomic mass is 35.5. The van der Waals surface area contributed by atoms with E-state index in [4.69, 9.17) is 21.8 Å². The van der Waals surface area contributed by atoms with Crippen LogP contribution in [0.2, 0.25) is 5.02 Å². The van der Waals surface area contributed by atoms with Gasteiger partial charge in [-0.3, -0.25) is 9.59 Å². The number of piperidine rings is 1. The Bertz CT molecular complexity index is 822. The quantitative estimate of drug-likeness (QED) is 0.792. The van der Waals surface area contributed by atoms with Gasteiger partial charge in [-0.1, -0.05) is 11.6 Å². The molecule has 1 unspecified atom stereocenters. The van der Waals surface area contributed by atoms with Gasteiger partial charge in [-0.2, -0.15) is 0 Å². The Labute approximate surface area is 169 Å². The third-order valence-corrected chi connectivity index (χ3v) is 4.95. The number of nitrogens with zero attached hydrogens (tertiary/aromatic N) is 1. The topological polar surface area (TPSA) is 88.6 Å². The normalized spacial score (nSPS) is 16.6. The summed E-state index contributed by atoms with van der Waals surface area (Å²) in [5, 5.41) is 3.06. The smallest absolute Gasteiger partial charge is 0.258 e. The highest BCUT2D eigenvalue weighted by molar-refractivity contribution is 6.34. The molecule has 146 valence electrons. The molecule has 1 fully saturated rings. The van der Waals surface area contributed by atoms with Crippen LogP contribution in [0.4, 0.5) is 5.69 Å². The van der Waals surface area contributed by atoms with E-state index in [1.807, 2.05) is 4.90 Å². The van der Waals surface area contributed by atoms with Crippen molar-refractivity contribution in [2.24, 2.45) is 5.73 Å². The molecule has 8 heteroatoms. The van der Waals surface area contributed by atoms with Crippen LogP contribution in [0.1, 0.15) is 52.7 Å². The molecule has 1 aromatic heterocycles. The first kappa shape index (κ1) is 21.3. The minimum atomic E-state index is -0.326. The minimum absolute atomic E-state index is 0. The fourth-order valence-corrected chi connectivity index (χ4v) is 3.39. The summed E-state index contributed by atoms with van der Waals surface area (Å²) in [6.07, 6.45) is 4.52. The van der Waals surface area contributed by atoms with E-state index in [2.05, 4.69) is 12.2 Å². The molecule has 2 heterocycles. The second kappa shape index (κ2) is 9.26. The lowest BCUT2D eigenvalue weighted by Gasteiger charge is -2.33. The Morgan fingerprint density at radius 2 is 2.11 bits per heavy atom. The summed E-state index contributed by atoms with van der Waals surface area (Å²) >= 11 is 6.31. The van der Waals surface area contributed by atoms with Crippen molar-refractivity contribution in [1.29, 1.82) is 0 Å². The molecule has 2 amide bonds. The number of furan rings is 1. The molecule has 1 aliphatic rings. The summed E-state index contributed by atoms with van der Waals surface area (Å²) < 4.78 is 5.16. The zero-order valence-electron chi connectivity index (χ0n) is 15.0. The number of carbonyl (C=O) groups is 2. The Hall–Kier alpha value is -2.02. The number of rotatable bonds is 4. The number of hydrogen-bond donors (Lipinski definition) is 2. The number of anilines is 1. The number of nitrogens with two attached hydrogens (primary N) is 1. The average Bonchev–Trinajstić information content (AvgIpc) is 3.11. The third kappa shape index (κ3) is 4.83. The van der Waals surface area contributed by atoms with Gasteiger partial charge in [0.05, 0.1) is 22.7 Å². The first-order valence-corrected chi connectivity index (χ1v) is 9.06. The van der Waals surface area contributed by atoms with E-state index in [9.17, 15) is 9.59 Å². The van der Waals surface area contributed by atoms with Crippen LogP contribution in [0.25, 0.3) is 0 Å². The zero-order valence-corrected chi connectivity index (χ0v) is 16.6. The van der Waals surface area contributed by atoms with E-state index in [-0.39, 0.29) is 36.8 Å². The number of hydrogen-bond acceptors (Lipinski definition) is 4. The van der Waals surface area contributed by atoms with Crippen molar-refractivity contribution in [2.45, 2.75) is 38.8 Å². The first-order chi connectivity index (χ1) is 12.5. The Balaban J connectivity index is 0.00000261. The highest BCUT2D eigenvalue weighted by Gasteiger charge is 2.25. The predicted molar refractivity (Wildman–Crippen MR) is 108 cm³/mol. The number of nitrogens with one attached hydrogen (secondary N) is 1. The van der Waals surface area contributed by atoms with Gasteiger partial charge in [-0.05, 0) is 50.5 Å². The number of carbonyl (C=O) groups excluding carboxylic acids is 2. The van der Waals surface area contributed by atoms with Gasteiger partial charge in [-0.15, -0.1) is 12.4 Å². The van der Waals surface area contributed by atoms with Gasteiger partial charge < -0.3 is 20.4 Å². The molecule has 0 bridgehead atoms. The molecule has 0 saturated carbocycles. The minimum Gasteiger partial charge on any atom is -0.467 e. The summed E-state index contributed by atoms with van der Waals surface area (Å²) in [7, 11) is 0. The largest absolute Gasteiger partial charge is 0.467 e. The molecular weight excluding hydrogens is 389 g/mol. The van der Waals surface area contributed by atoms with Gasteiger partial charge >= 0.3 is 0 Å². The summed E-state index contributed by atoms with van der Waals surface area (Å²) in [5.41, 5.74) is 6.82. The van der Waals surface area contributed by atoms with Crippen LogP contribution in [0.3, 0.4) is 0 Å². The highest BCUT2D eigenvalue weighted by Crippen LogP contribution is 2.26. The van der Waals surface area contributed by atoms with E-state index in [0.717, 1.165) is 25.8 Å². The molecule has 1 atom stereocenters. The SMILES string of the molecule is CC1CCCCN1C(=O)c1ccc(NC(=O)c2coc(CN)c2)cc1Cl.Cl. The Morgan fingerprint density at radius 3 is 2.74 bits per heavy atom. The Morgan fingerprint density at radius 1 is 1.33 bits per heavy atom. The summed E-state index contributed by atoms with van der Waals surface area (Å²) in [4.78, 5) is 26.8. The third-order valence-electron chi connectivity index (χ3n) is 4.64. The molecule has 3 N–H and O–H groups in total. The number of benzene rings is 1. The molecular formula is C19H23Cl2N3O3. The lowest BCUT2D eigenvalue weighted by Crippen LogP contribution is -2.42. The fraction of sp³-hybridized carbons (Fsp3) is 0.368. The number of amides is 2. The molecule has 0 aliphatic carbocycles. The summed E-state index contributed by atoms with van der Waals surface area (Å²) in [6.45, 7) is 3.03. The monoisotopic (exact) mass is 411 g/mol. The maximum atomic E-state index is 12.8. The van der Waals surface area contributed by atoms with E-state index in [0.29, 0.717) is 27.6 Å². The molecule has 1 aliphatic heterocycles. The lowest BCUT2D eigenvalue weighted by molar-refractivity contribution is 0.0635. The maximum absolute atomic E-state index is 12.8. The van der Waals surface area contributed by atoms with Crippen LogP contribution in [0.5, 0.6) is 0 Å². The maximum Gasteiger partial charge on any atom is 0.258 e. The fourth-order valence-electron chi connectivity index (χ4n) is 3.13. The Kier molecular flexibility index (Phi) is 7.30. The van der Waals surface area contributed by atoms with Gasteiger partial charge in [0, 0.05) is 18.3 Å². The van der Waals surface area contributed by atoms with Crippen LogP contribution >= 0.6 is 24.0 Å². The predicted octanol–water partition coefficient (Wildman–Crippen LogP) is 4.08. The van der Waals surface area contributed by atoms with E-state index in [1.165, 1.54) is 6.26 Å². The van der Waals surface area contributed by atoms with Crippen molar-refractivity contribution >= 4 is 41.5 Å². The van der Waals surface area contributed by atoms with Gasteiger partial charge in [0.1, 0.15) is 12.0 Å². The summed E-state index contributed by atoms with van der Waals surface area (Å²) in [5.74, 6) is 0.139. The van der Waals surface area contributed by atoms with Crippen LogP contribution in [-0.2, 0) is 6.54 Å². The van der Waals surface area contributed by atoms with Crippen LogP contribution < -0.4 is 11.1 Å². The van der Waals surface area contributed by atoms with Crippen LogP contribution in [0.15, 0.2) is 34.9 Å². The molecule has 1 saturated heterocycles. The van der Waals surface area contributed by atoms with Gasteiger partial charge in [-0.25, -0.2) is 0 Å². The van der Waals surface area contributed by atoms with E-state index < -0.39 is 0 Å². The molecule has 2 aromatic rings. The number of halogens is 2. The standard InChI is InChI=1S/C19H22ClN3O3.ClH/c1-12-4-2-3-7-23(12)19(25)16-6-5-14(9-17(16)20)22-18(24)13-8-15(10-21)26-11-13;/h5-6,8-9,11-12H,2-4,7,10,21H2,1H3,(H,22,24);1H. The molecule has 0 radical (unpaired) electrons. The van der Waals surface area contributed by atoms with Crippen molar-refractivity contribution in [3.8, 4) is 0 Å². The molecule has 6 nitrogen and oxygen atoms in total. The van der Waals surface area contributed by atoms with Crippen molar-refractivity contribution in [3.05, 3.63) is 52.4 Å². The van der Waals surface area contributed by atoms with E-state index in [1.54, 1.807) is 24.3 Å². The van der Waals surface area contributed by atoms with Crippen LogP contribution in [0, 0.1) is 0 Å². The van der Waals surface area contributed by atoms with Gasteiger partial charge in [0.15, 0.2) is 0 Å². The lowest BCUT2D eigenvalue weighted by atomic mass is 10.0. The second-order valence-electron chi connectivity index (χ2n) is 6.50. The van der Waals surface area contributed by atoms with Crippen molar-refractivity contribution in [1.82, 2.24) is 4.90 Å². The van der Waals surface area contributed by atoms with Crippen molar-refractivity contribution in [3.63, 3.8) is 0 Å². The van der Waals surface area contributed by atoms with Crippen LogP contribution in [-0.4, -0.2) is 29.3 Å². The second-order valence-corrected chi connectivity index (χ2v) is 6.91. The average molecular weight is 412 g/mol. The zero-order chi connectivity index (χ0) is 18.7. The van der Waals surface area contributed by atoms with Crippen molar-refractivity contribution in [2.75, 3.05) is 11.9 Å². The van der Waals surface area contributed by atoms with Crippen molar-refractivity contribution < 1.29 is 14.0 Å². The number of likely N-dealkylation sites (tertiary alicyclic amines) is 1.